The van der Waals surface area contributed by atoms with Gasteiger partial charge in [0.2, 0.25) is 5.91 Å². The van der Waals surface area contributed by atoms with Crippen LogP contribution in [0.2, 0.25) is 0 Å². The smallest absolute Gasteiger partial charge is 0.253 e. The number of imide groups is 1. The van der Waals surface area contributed by atoms with Crippen molar-refractivity contribution >= 4 is 17.7 Å². The number of aliphatic hydroxyl groups excluding tert-OH is 3. The Hall–Kier alpha value is -1.93. The minimum atomic E-state index is -1.35. The predicted molar refractivity (Wildman–Crippen MR) is 121 cm³/mol. The third-order valence-corrected chi connectivity index (χ3v) is 7.16. The molecule has 2 aliphatic heterocycles. The van der Waals surface area contributed by atoms with Crippen LogP contribution in [0.25, 0.3) is 0 Å². The second kappa shape index (κ2) is 12.3. The molecule has 12 nitrogen and oxygen atoms in total. The van der Waals surface area contributed by atoms with Crippen LogP contribution in [-0.2, 0) is 28.6 Å². The Morgan fingerprint density at radius 3 is 2.46 bits per heavy atom. The highest BCUT2D eigenvalue weighted by atomic mass is 16.7. The monoisotopic (exact) mass is 499 g/mol. The average Bonchev–Trinajstić information content (AvgIpc) is 3.15. The minimum Gasteiger partial charge on any atom is -0.394 e. The number of hydrogen-bond acceptors (Lipinski definition) is 10. The van der Waals surface area contributed by atoms with Crippen molar-refractivity contribution in [2.24, 2.45) is 17.8 Å². The first-order valence-electron chi connectivity index (χ1n) is 12.0. The van der Waals surface area contributed by atoms with E-state index >= 15 is 0 Å². The van der Waals surface area contributed by atoms with Crippen molar-refractivity contribution in [3.8, 4) is 0 Å². The van der Waals surface area contributed by atoms with E-state index in [1.54, 1.807) is 0 Å². The van der Waals surface area contributed by atoms with Gasteiger partial charge in [0.05, 0.1) is 19.3 Å². The summed E-state index contributed by atoms with van der Waals surface area (Å²) in [7, 11) is 1.49. The van der Waals surface area contributed by atoms with E-state index in [1.807, 2.05) is 6.92 Å². The van der Waals surface area contributed by atoms with Crippen molar-refractivity contribution in [1.82, 2.24) is 15.8 Å². The van der Waals surface area contributed by atoms with E-state index in [1.165, 1.54) is 24.2 Å². The third kappa shape index (κ3) is 6.64. The van der Waals surface area contributed by atoms with Crippen molar-refractivity contribution in [2.45, 2.75) is 63.1 Å². The van der Waals surface area contributed by atoms with Crippen LogP contribution in [0, 0.1) is 17.8 Å². The number of ether oxygens (including phenoxy) is 3. The number of aliphatic hydroxyl groups is 3. The fourth-order valence-electron chi connectivity index (χ4n) is 5.28. The van der Waals surface area contributed by atoms with Crippen molar-refractivity contribution in [3.63, 3.8) is 0 Å². The summed E-state index contributed by atoms with van der Waals surface area (Å²) in [6.45, 7) is 1.09. The molecule has 0 bridgehead atoms. The molecule has 2 fully saturated rings. The van der Waals surface area contributed by atoms with Crippen LogP contribution in [0.15, 0.2) is 12.2 Å². The SMILES string of the molecule is CO[C@H]1C([C@H](O)CO)O[C@](CNNC(=O)C2CCC(CN3C(=O)C=CC3=O)CC2)(OCO)C[C@H]1C. The van der Waals surface area contributed by atoms with E-state index in [2.05, 4.69) is 10.9 Å². The molecular weight excluding hydrogens is 462 g/mol. The van der Waals surface area contributed by atoms with Crippen LogP contribution in [0.4, 0.5) is 0 Å². The largest absolute Gasteiger partial charge is 0.394 e. The van der Waals surface area contributed by atoms with E-state index in [0.29, 0.717) is 25.8 Å². The van der Waals surface area contributed by atoms with Crippen LogP contribution in [0.1, 0.15) is 39.0 Å². The number of methoxy groups -OCH3 is 1. The fraction of sp³-hybridized carbons (Fsp3) is 0.783. The molecule has 1 aliphatic carbocycles. The Morgan fingerprint density at radius 2 is 1.89 bits per heavy atom. The lowest BCUT2D eigenvalue weighted by Crippen LogP contribution is -2.62. The summed E-state index contributed by atoms with van der Waals surface area (Å²) in [5.41, 5.74) is 5.52. The van der Waals surface area contributed by atoms with Gasteiger partial charge >= 0.3 is 0 Å². The first-order chi connectivity index (χ1) is 16.7. The maximum Gasteiger partial charge on any atom is 0.253 e. The van der Waals surface area contributed by atoms with E-state index < -0.39 is 37.5 Å². The van der Waals surface area contributed by atoms with Gasteiger partial charge in [0.15, 0.2) is 5.79 Å². The molecule has 5 N–H and O–H groups in total. The molecule has 0 aromatic heterocycles. The van der Waals surface area contributed by atoms with E-state index in [-0.39, 0.29) is 42.0 Å². The van der Waals surface area contributed by atoms with Gasteiger partial charge < -0.3 is 29.5 Å². The first-order valence-corrected chi connectivity index (χ1v) is 12.0. The van der Waals surface area contributed by atoms with Crippen molar-refractivity contribution < 1.29 is 43.9 Å². The van der Waals surface area contributed by atoms with E-state index in [0.717, 1.165) is 12.8 Å². The highest BCUT2D eigenvalue weighted by Gasteiger charge is 2.49. The van der Waals surface area contributed by atoms with Crippen molar-refractivity contribution in [1.29, 1.82) is 0 Å². The molecule has 198 valence electrons. The molecule has 35 heavy (non-hydrogen) atoms. The van der Waals surface area contributed by atoms with Gasteiger partial charge in [-0.25, -0.2) is 5.43 Å². The van der Waals surface area contributed by atoms with Gasteiger partial charge in [0, 0.05) is 38.1 Å². The zero-order chi connectivity index (χ0) is 25.6. The molecule has 0 aromatic rings. The lowest BCUT2D eigenvalue weighted by atomic mass is 9.81. The molecule has 12 heteroatoms. The molecule has 3 amide bonds. The van der Waals surface area contributed by atoms with E-state index in [9.17, 15) is 29.7 Å². The van der Waals surface area contributed by atoms with Crippen LogP contribution < -0.4 is 10.9 Å². The molecule has 1 saturated carbocycles. The zero-order valence-electron chi connectivity index (χ0n) is 20.2. The number of rotatable bonds is 11. The van der Waals surface area contributed by atoms with Gasteiger partial charge in [0.1, 0.15) is 19.0 Å². The molecule has 1 unspecified atom stereocenters. The molecular formula is C23H37N3O9. The number of nitrogens with one attached hydrogen (secondary N) is 2. The Morgan fingerprint density at radius 1 is 1.23 bits per heavy atom. The summed E-state index contributed by atoms with van der Waals surface area (Å²) in [5, 5.41) is 29.1. The van der Waals surface area contributed by atoms with Gasteiger partial charge in [-0.05, 0) is 37.5 Å². The lowest BCUT2D eigenvalue weighted by Gasteiger charge is -2.47. The number of amides is 3. The molecule has 1 saturated heterocycles. The summed E-state index contributed by atoms with van der Waals surface area (Å²) < 4.78 is 16.9. The number of carbonyl (C=O) groups is 3. The molecule has 0 radical (unpaired) electrons. The van der Waals surface area contributed by atoms with Gasteiger partial charge in [-0.3, -0.25) is 24.7 Å². The van der Waals surface area contributed by atoms with Crippen LogP contribution in [0.3, 0.4) is 0 Å². The molecule has 3 rings (SSSR count). The fourth-order valence-corrected chi connectivity index (χ4v) is 5.28. The normalized spacial score (nSPS) is 34.3. The second-order valence-electron chi connectivity index (χ2n) is 9.58. The summed E-state index contributed by atoms with van der Waals surface area (Å²) >= 11 is 0. The zero-order valence-corrected chi connectivity index (χ0v) is 20.2. The van der Waals surface area contributed by atoms with Crippen molar-refractivity contribution in [3.05, 3.63) is 12.2 Å². The molecule has 3 aliphatic rings. The molecule has 2 heterocycles. The van der Waals surface area contributed by atoms with Crippen molar-refractivity contribution in [2.75, 3.05) is 33.6 Å². The van der Waals surface area contributed by atoms with Gasteiger partial charge in [-0.2, -0.15) is 0 Å². The van der Waals surface area contributed by atoms with E-state index in [4.69, 9.17) is 14.2 Å². The first kappa shape index (κ1) is 27.7. The Kier molecular flexibility index (Phi) is 9.76. The number of hydrogen-bond donors (Lipinski definition) is 5. The van der Waals surface area contributed by atoms with Crippen LogP contribution in [0.5, 0.6) is 0 Å². The second-order valence-corrected chi connectivity index (χ2v) is 9.58. The molecule has 5 atom stereocenters. The number of nitrogens with zero attached hydrogens (tertiary/aromatic N) is 1. The summed E-state index contributed by atoms with van der Waals surface area (Å²) in [6.07, 6.45) is 3.00. The maximum atomic E-state index is 12.7. The standard InChI is InChI=1S/C23H37N3O9/c1-14-9-23(34-13-28,35-21(17(29)11-27)20(14)33-2)12-24-25-22(32)16-5-3-15(4-6-16)10-26-18(30)7-8-19(26)31/h7-8,14-17,20-21,24,27-29H,3-6,9-13H2,1-2H3,(H,25,32)/t14-,15?,16?,17-,20-,21?,23-/m1/s1. The molecule has 0 aromatic carbocycles. The predicted octanol–water partition coefficient (Wildman–Crippen LogP) is -1.21. The quantitative estimate of drug-likeness (QED) is 0.132. The summed E-state index contributed by atoms with van der Waals surface area (Å²) in [4.78, 5) is 37.5. The lowest BCUT2D eigenvalue weighted by molar-refractivity contribution is -0.339. The minimum absolute atomic E-state index is 0.00372. The molecule has 0 spiro atoms. The topological polar surface area (TPSA) is 167 Å². The van der Waals surface area contributed by atoms with Crippen LogP contribution in [-0.4, -0.2) is 95.6 Å². The number of carbonyl (C=O) groups excluding carboxylic acids is 3. The third-order valence-electron chi connectivity index (χ3n) is 7.16. The van der Waals surface area contributed by atoms with Gasteiger partial charge in [-0.1, -0.05) is 6.92 Å². The number of hydrazine groups is 1. The summed E-state index contributed by atoms with van der Waals surface area (Å²) in [6, 6.07) is 0. The maximum absolute atomic E-state index is 12.7. The Bertz CT molecular complexity index is 768. The highest BCUT2D eigenvalue weighted by molar-refractivity contribution is 6.12. The van der Waals surface area contributed by atoms with Gasteiger partial charge in [0.25, 0.3) is 11.8 Å². The van der Waals surface area contributed by atoms with Gasteiger partial charge in [-0.15, -0.1) is 0 Å². The van der Waals surface area contributed by atoms with Crippen LogP contribution >= 0.6 is 0 Å². The Labute approximate surface area is 204 Å². The highest BCUT2D eigenvalue weighted by Crippen LogP contribution is 2.36. The Balaban J connectivity index is 1.49. The average molecular weight is 500 g/mol. The summed E-state index contributed by atoms with van der Waals surface area (Å²) in [5.74, 6) is -2.30.